The van der Waals surface area contributed by atoms with Gasteiger partial charge in [-0.15, -0.1) is 11.3 Å². The van der Waals surface area contributed by atoms with Gasteiger partial charge in [0.2, 0.25) is 5.88 Å². The largest absolute Gasteiger partial charge is 0.337 e. The number of aryl methyl sites for hydroxylation is 2. The van der Waals surface area contributed by atoms with Crippen LogP contribution in [0.15, 0.2) is 33.0 Å². The fraction of sp³-hybridized carbons (Fsp3) is 0.250. The molecule has 2 heterocycles. The Morgan fingerprint density at radius 1 is 1.33 bits per heavy atom. The van der Waals surface area contributed by atoms with Crippen molar-refractivity contribution in [2.45, 2.75) is 39.4 Å². The number of Topliss-reactive ketones (excluding diaryl/α,β-unsaturated/α-hetero) is 1. The molecule has 0 atom stereocenters. The quantitative estimate of drug-likeness (QED) is 0.536. The minimum Gasteiger partial charge on any atom is -0.337 e. The number of carbonyl (C=O) groups excluding carboxylic acids is 2. The summed E-state index contributed by atoms with van der Waals surface area (Å²) in [4.78, 5) is 24.6. The Bertz CT molecular complexity index is 1580. The van der Waals surface area contributed by atoms with Gasteiger partial charge in [-0.05, 0) is 63.1 Å². The molecule has 0 unspecified atom stereocenters. The van der Waals surface area contributed by atoms with Crippen molar-refractivity contribution < 1.29 is 34.9 Å². The third-order valence-corrected chi connectivity index (χ3v) is 6.40. The summed E-state index contributed by atoms with van der Waals surface area (Å²) in [5.41, 5.74) is -2.78. The SMILES string of the molecule is [2H]c1c(C([2H])([2H])[2H])cc(C(C)=O)c(N([2H])C(=O)c2sccc2S(=O)(=O)N([2H])c2onc(C)c2C)c1C([2H])([2H])[2H]. The number of aromatic nitrogens is 1. The average Bonchev–Trinajstić information content (AvgIpc) is 3.43. The van der Waals surface area contributed by atoms with Gasteiger partial charge in [-0.25, -0.2) is 13.1 Å². The van der Waals surface area contributed by atoms with Crippen LogP contribution in [0.1, 0.15) is 58.9 Å². The van der Waals surface area contributed by atoms with E-state index in [2.05, 4.69) is 5.16 Å². The number of nitrogens with one attached hydrogen (secondary N) is 2. The lowest BCUT2D eigenvalue weighted by Crippen LogP contribution is -2.20. The molecule has 158 valence electrons. The molecule has 3 rings (SSSR count). The summed E-state index contributed by atoms with van der Waals surface area (Å²) in [6.07, 6.45) is 0. The number of sulfonamides is 1. The second-order valence-electron chi connectivity index (χ2n) is 6.17. The zero-order chi connectivity index (χ0) is 29.8. The molecule has 2 N–H and O–H groups in total. The lowest BCUT2D eigenvalue weighted by Gasteiger charge is -2.14. The van der Waals surface area contributed by atoms with Gasteiger partial charge in [0, 0.05) is 19.4 Å². The molecule has 0 spiro atoms. The lowest BCUT2D eigenvalue weighted by atomic mass is 10.0. The van der Waals surface area contributed by atoms with Gasteiger partial charge in [0.25, 0.3) is 15.9 Å². The zero-order valence-corrected chi connectivity index (χ0v) is 17.6. The maximum absolute atomic E-state index is 13.5. The van der Waals surface area contributed by atoms with Crippen molar-refractivity contribution in [2.24, 2.45) is 0 Å². The number of nitrogens with zero attached hydrogens (tertiary/aromatic N) is 1. The van der Waals surface area contributed by atoms with E-state index in [9.17, 15) is 18.0 Å². The van der Waals surface area contributed by atoms with Crippen molar-refractivity contribution >= 4 is 44.6 Å². The van der Waals surface area contributed by atoms with Gasteiger partial charge >= 0.3 is 0 Å². The second kappa shape index (κ2) is 8.04. The monoisotopic (exact) mass is 456 g/mol. The van der Waals surface area contributed by atoms with E-state index in [1.54, 1.807) is 0 Å². The Balaban J connectivity index is 2.23. The maximum Gasteiger partial charge on any atom is 0.267 e. The standard InChI is InChI=1S/C20H21N3O5S2/c1-10-8-11(2)17(15(9-10)14(5)24)21-19(25)18-16(6-7-29-18)30(26,27)23-20-12(3)13(4)22-28-20/h6-9,23H,1-5H3,(H,21,25)/i1D3,2D3,8D/hD2. The van der Waals surface area contributed by atoms with Gasteiger partial charge in [-0.1, -0.05) is 11.2 Å². The van der Waals surface area contributed by atoms with E-state index >= 15 is 0 Å². The van der Waals surface area contributed by atoms with Crippen molar-refractivity contribution in [2.75, 3.05) is 10.0 Å². The third-order valence-electron chi connectivity index (χ3n) is 4.07. The molecule has 30 heavy (non-hydrogen) atoms. The van der Waals surface area contributed by atoms with Crippen LogP contribution in [0.2, 0.25) is 2.82 Å². The lowest BCUT2D eigenvalue weighted by molar-refractivity contribution is 0.101. The van der Waals surface area contributed by atoms with Gasteiger partial charge in [-0.2, -0.15) is 0 Å². The highest BCUT2D eigenvalue weighted by molar-refractivity contribution is 7.93. The van der Waals surface area contributed by atoms with Gasteiger partial charge < -0.3 is 9.83 Å². The van der Waals surface area contributed by atoms with Gasteiger partial charge in [-0.3, -0.25) is 9.59 Å². The van der Waals surface area contributed by atoms with E-state index in [1.807, 2.05) is 0 Å². The van der Waals surface area contributed by atoms with Gasteiger partial charge in [0.15, 0.2) is 8.61 Å². The average molecular weight is 457 g/mol. The van der Waals surface area contributed by atoms with E-state index in [1.165, 1.54) is 19.2 Å². The first-order chi connectivity index (χ1) is 17.7. The number of thiophene rings is 1. The minimum absolute atomic E-state index is 0.0113. The summed E-state index contributed by atoms with van der Waals surface area (Å²) in [5.74, 6) is -2.75. The first-order valence-electron chi connectivity index (χ1n) is 12.7. The normalized spacial score (nSPS) is 16.6. The number of anilines is 2. The Hall–Kier alpha value is -2.98. The van der Waals surface area contributed by atoms with Crippen LogP contribution in [0.3, 0.4) is 0 Å². The minimum atomic E-state index is -4.79. The summed E-state index contributed by atoms with van der Waals surface area (Å²) in [6, 6.07) is 0.697. The molecule has 0 aliphatic rings. The molecule has 0 saturated carbocycles. The van der Waals surface area contributed by atoms with Crippen LogP contribution in [-0.2, 0) is 10.0 Å². The van der Waals surface area contributed by atoms with Gasteiger partial charge in [0.05, 0.1) is 12.8 Å². The molecule has 10 heteroatoms. The zero-order valence-electron chi connectivity index (χ0n) is 24.9. The number of hydrogen-bond donors (Lipinski definition) is 2. The van der Waals surface area contributed by atoms with Crippen molar-refractivity contribution in [1.29, 1.82) is 0 Å². The van der Waals surface area contributed by atoms with Crippen LogP contribution in [0, 0.1) is 27.6 Å². The van der Waals surface area contributed by atoms with Crippen molar-refractivity contribution in [1.82, 2.24) is 5.16 Å². The van der Waals surface area contributed by atoms with E-state index in [-0.39, 0.29) is 15.6 Å². The molecule has 0 bridgehead atoms. The molecule has 8 nitrogen and oxygen atoms in total. The van der Waals surface area contributed by atoms with Crippen LogP contribution in [0.5, 0.6) is 0 Å². The first-order valence-corrected chi connectivity index (χ1v) is 10.6. The molecule has 1 amide bonds. The molecular formula is C20H21N3O5S2. The van der Waals surface area contributed by atoms with Crippen molar-refractivity contribution in [3.8, 4) is 0 Å². The van der Waals surface area contributed by atoms with E-state index in [0.717, 1.165) is 19.1 Å². The molecule has 3 aromatic rings. The van der Waals surface area contributed by atoms with Crippen LogP contribution in [0.4, 0.5) is 11.6 Å². The summed E-state index contributed by atoms with van der Waals surface area (Å²) >= 11 is 0.560. The molecule has 0 saturated heterocycles. The number of benzene rings is 1. The number of carbonyl (C=O) groups is 2. The fourth-order valence-electron chi connectivity index (χ4n) is 2.42. The predicted molar refractivity (Wildman–Crippen MR) is 115 cm³/mol. The Morgan fingerprint density at radius 3 is 2.70 bits per heavy atom. The van der Waals surface area contributed by atoms with Gasteiger partial charge in [0.1, 0.15) is 9.77 Å². The first kappa shape index (κ1) is 12.7. The molecule has 2 aromatic heterocycles. The maximum atomic E-state index is 13.5. The Kier molecular flexibility index (Phi) is 3.39. The molecule has 0 aliphatic carbocycles. The molecule has 0 radical (unpaired) electrons. The Morgan fingerprint density at radius 2 is 2.10 bits per heavy atom. The van der Waals surface area contributed by atoms with Crippen molar-refractivity contribution in [3.05, 3.63) is 56.4 Å². The second-order valence-corrected chi connectivity index (χ2v) is 8.66. The van der Waals surface area contributed by atoms with E-state index in [0.29, 0.717) is 17.0 Å². The number of hydrogen-bond acceptors (Lipinski definition) is 7. The Labute approximate surface area is 191 Å². The highest BCUT2D eigenvalue weighted by Gasteiger charge is 2.27. The fourth-order valence-corrected chi connectivity index (χ4v) is 4.68. The molecule has 0 fully saturated rings. The molecule has 1 aromatic carbocycles. The molecular weight excluding hydrogens is 426 g/mol. The smallest absolute Gasteiger partial charge is 0.267 e. The third kappa shape index (κ3) is 4.14. The van der Waals surface area contributed by atoms with E-state index < -0.39 is 79.5 Å². The summed E-state index contributed by atoms with van der Waals surface area (Å²) < 4.78 is 103. The van der Waals surface area contributed by atoms with Crippen LogP contribution >= 0.6 is 11.3 Å². The van der Waals surface area contributed by atoms with Crippen molar-refractivity contribution in [3.63, 3.8) is 0 Å². The van der Waals surface area contributed by atoms with Crippen LogP contribution in [0.25, 0.3) is 0 Å². The summed E-state index contributed by atoms with van der Waals surface area (Å²) in [6.45, 7) is -2.31. The highest BCUT2D eigenvalue weighted by Crippen LogP contribution is 2.29. The van der Waals surface area contributed by atoms with Crippen LogP contribution < -0.4 is 10.0 Å². The number of amides is 1. The topological polar surface area (TPSA) is 118 Å². The van der Waals surface area contributed by atoms with E-state index in [4.69, 9.17) is 16.9 Å². The number of rotatable bonds is 6. The summed E-state index contributed by atoms with van der Waals surface area (Å²) in [5, 5.41) is 4.73. The molecule has 0 aliphatic heterocycles. The number of ketones is 1. The predicted octanol–water partition coefficient (Wildman–Crippen LogP) is 4.23. The van der Waals surface area contributed by atoms with Crippen LogP contribution in [-0.4, -0.2) is 25.3 Å². The highest BCUT2D eigenvalue weighted by atomic mass is 32.2. The summed E-state index contributed by atoms with van der Waals surface area (Å²) in [7, 11) is -4.79.